The largest absolute Gasteiger partial charge is 0.328 e. The highest BCUT2D eigenvalue weighted by Gasteiger charge is 2.35. The van der Waals surface area contributed by atoms with Gasteiger partial charge in [-0.25, -0.2) is 9.97 Å². The first kappa shape index (κ1) is 22.8. The summed E-state index contributed by atoms with van der Waals surface area (Å²) in [6.45, 7) is 1.07. The number of hydrogen-bond donors (Lipinski definition) is 0. The fourth-order valence-electron chi connectivity index (χ4n) is 2.39. The van der Waals surface area contributed by atoms with E-state index in [2.05, 4.69) is 9.97 Å². The molecule has 0 aliphatic heterocycles. The summed E-state index contributed by atoms with van der Waals surface area (Å²) in [5, 5.41) is 0. The fraction of sp³-hybridized carbons (Fsp3) is 0.467. The second-order valence-electron chi connectivity index (χ2n) is 5.60. The van der Waals surface area contributed by atoms with Crippen molar-refractivity contribution >= 4 is 81.2 Å². The van der Waals surface area contributed by atoms with Crippen LogP contribution in [0.1, 0.15) is 40.5 Å². The highest BCUT2D eigenvalue weighted by molar-refractivity contribution is 6.77. The van der Waals surface area contributed by atoms with E-state index in [0.717, 1.165) is 19.3 Å². The van der Waals surface area contributed by atoms with Gasteiger partial charge in [-0.05, 0) is 19.3 Å². The van der Waals surface area contributed by atoms with Gasteiger partial charge in [0, 0.05) is 37.9 Å². The summed E-state index contributed by atoms with van der Waals surface area (Å²) in [5.41, 5.74) is 0. The molecule has 0 aliphatic rings. The topological polar surface area (TPSA) is 69.8 Å². The quantitative estimate of drug-likeness (QED) is 0.292. The van der Waals surface area contributed by atoms with Crippen molar-refractivity contribution in [3.63, 3.8) is 0 Å². The first-order valence-electron chi connectivity index (χ1n) is 7.77. The van der Waals surface area contributed by atoms with E-state index in [1.165, 1.54) is 12.4 Å². The summed E-state index contributed by atoms with van der Waals surface area (Å²) in [6, 6.07) is 0. The monoisotopic (exact) mass is 492 g/mol. The maximum Gasteiger partial charge on any atom is 0.256 e. The summed E-state index contributed by atoms with van der Waals surface area (Å²) >= 11 is 33.7. The van der Waals surface area contributed by atoms with Crippen molar-refractivity contribution in [3.8, 4) is 0 Å². The number of unbranched alkanes of at least 4 members (excludes halogenated alkanes) is 2. The molecule has 0 saturated heterocycles. The van der Waals surface area contributed by atoms with E-state index in [4.69, 9.17) is 69.6 Å². The Bertz CT molecular complexity index is 740. The molecular weight excluding hydrogens is 481 g/mol. The first-order valence-corrected chi connectivity index (χ1v) is 10.0. The number of hydrogen-bond acceptors (Lipinski definition) is 4. The summed E-state index contributed by atoms with van der Waals surface area (Å²) in [7, 11) is 0. The van der Waals surface area contributed by atoms with Gasteiger partial charge in [0.25, 0.3) is 7.59 Å². The van der Waals surface area contributed by atoms with E-state index in [0.29, 0.717) is 13.1 Å². The minimum atomic E-state index is -2.05. The minimum absolute atomic E-state index is 0.0974. The second kappa shape index (κ2) is 9.33. The third-order valence-electron chi connectivity index (χ3n) is 3.65. The van der Waals surface area contributed by atoms with Gasteiger partial charge in [0.05, 0.1) is 0 Å². The minimum Gasteiger partial charge on any atom is -0.328 e. The number of nitrogens with zero attached hydrogens (tertiary/aromatic N) is 4. The molecule has 0 fully saturated rings. The molecule has 27 heavy (non-hydrogen) atoms. The van der Waals surface area contributed by atoms with Crippen molar-refractivity contribution in [1.82, 2.24) is 19.1 Å². The molecule has 0 spiro atoms. The predicted octanol–water partition coefficient (Wildman–Crippen LogP) is 5.06. The lowest BCUT2D eigenvalue weighted by Gasteiger charge is -2.12. The average molecular weight is 495 g/mol. The molecule has 0 bridgehead atoms. The molecule has 0 unspecified atom stereocenters. The van der Waals surface area contributed by atoms with Gasteiger partial charge in [-0.3, -0.25) is 9.59 Å². The number of halogens is 6. The highest BCUT2D eigenvalue weighted by atomic mass is 35.6. The molecule has 148 valence electrons. The Labute approximate surface area is 185 Å². The van der Waals surface area contributed by atoms with Crippen molar-refractivity contribution in [2.24, 2.45) is 0 Å². The molecule has 0 saturated carbocycles. The van der Waals surface area contributed by atoms with E-state index in [1.807, 2.05) is 0 Å². The maximum atomic E-state index is 12.0. The van der Waals surface area contributed by atoms with Gasteiger partial charge in [0.2, 0.25) is 11.6 Å². The van der Waals surface area contributed by atoms with Crippen LogP contribution < -0.4 is 0 Å². The first-order chi connectivity index (χ1) is 12.5. The molecule has 12 heteroatoms. The Balaban J connectivity index is 1.85. The van der Waals surface area contributed by atoms with Crippen LogP contribution in [0.5, 0.6) is 0 Å². The lowest BCUT2D eigenvalue weighted by Crippen LogP contribution is -2.23. The molecule has 2 aromatic rings. The number of Topliss-reactive ketones (excluding diaryl/α,β-unsaturated/α-hetero) is 2. The average Bonchev–Trinajstić information content (AvgIpc) is 3.20. The van der Waals surface area contributed by atoms with Gasteiger partial charge in [-0.1, -0.05) is 69.6 Å². The molecular formula is C15H14Cl6N4O2. The Kier molecular flexibility index (Phi) is 7.88. The summed E-state index contributed by atoms with van der Waals surface area (Å²) in [5.74, 6) is -1.16. The summed E-state index contributed by atoms with van der Waals surface area (Å²) in [4.78, 5) is 31.9. The Morgan fingerprint density at radius 2 is 1.11 bits per heavy atom. The Morgan fingerprint density at radius 3 is 1.44 bits per heavy atom. The third kappa shape index (κ3) is 6.24. The molecule has 6 nitrogen and oxygen atoms in total. The maximum absolute atomic E-state index is 12.0. The third-order valence-corrected chi connectivity index (χ3v) is 4.68. The molecule has 0 aliphatic carbocycles. The van der Waals surface area contributed by atoms with Crippen LogP contribution in [0.15, 0.2) is 24.8 Å². The zero-order valence-corrected chi connectivity index (χ0v) is 18.3. The van der Waals surface area contributed by atoms with Crippen LogP contribution in [0, 0.1) is 0 Å². The zero-order chi connectivity index (χ0) is 20.2. The lowest BCUT2D eigenvalue weighted by atomic mass is 10.2. The van der Waals surface area contributed by atoms with E-state index < -0.39 is 19.2 Å². The number of imidazole rings is 2. The van der Waals surface area contributed by atoms with Crippen LogP contribution in [-0.4, -0.2) is 38.3 Å². The van der Waals surface area contributed by atoms with E-state index in [-0.39, 0.29) is 11.6 Å². The van der Waals surface area contributed by atoms with Crippen LogP contribution in [0.4, 0.5) is 0 Å². The van der Waals surface area contributed by atoms with Gasteiger partial charge in [-0.15, -0.1) is 0 Å². The smallest absolute Gasteiger partial charge is 0.256 e. The van der Waals surface area contributed by atoms with E-state index in [9.17, 15) is 9.59 Å². The number of alkyl halides is 6. The number of carbonyl (C=O) groups is 2. The fourth-order valence-corrected chi connectivity index (χ4v) is 2.90. The van der Waals surface area contributed by atoms with Crippen LogP contribution in [0.2, 0.25) is 0 Å². The van der Waals surface area contributed by atoms with Crippen molar-refractivity contribution in [2.75, 3.05) is 0 Å². The molecule has 0 N–H and O–H groups in total. The molecule has 2 rings (SSSR count). The van der Waals surface area contributed by atoms with Crippen LogP contribution in [0.25, 0.3) is 0 Å². The normalized spacial score (nSPS) is 12.4. The Hall–Kier alpha value is -0.500. The number of ketones is 2. The molecule has 2 heterocycles. The molecule has 0 amide bonds. The predicted molar refractivity (Wildman–Crippen MR) is 108 cm³/mol. The highest BCUT2D eigenvalue weighted by Crippen LogP contribution is 2.30. The van der Waals surface area contributed by atoms with Gasteiger partial charge >= 0.3 is 0 Å². The van der Waals surface area contributed by atoms with Gasteiger partial charge < -0.3 is 9.13 Å². The second-order valence-corrected chi connectivity index (χ2v) is 10.2. The SMILES string of the molecule is O=C(c1nccn1CCCCCn1ccnc1C(=O)C(Cl)(Cl)Cl)C(Cl)(Cl)Cl. The lowest BCUT2D eigenvalue weighted by molar-refractivity contribution is 0.0975. The van der Waals surface area contributed by atoms with E-state index in [1.54, 1.807) is 21.5 Å². The Morgan fingerprint density at radius 1 is 0.741 bits per heavy atom. The van der Waals surface area contributed by atoms with Crippen molar-refractivity contribution in [2.45, 2.75) is 39.9 Å². The van der Waals surface area contributed by atoms with Crippen molar-refractivity contribution in [3.05, 3.63) is 36.4 Å². The van der Waals surface area contributed by atoms with Crippen molar-refractivity contribution in [1.29, 1.82) is 0 Å². The molecule has 0 aromatic carbocycles. The number of aromatic nitrogens is 4. The van der Waals surface area contributed by atoms with E-state index >= 15 is 0 Å². The van der Waals surface area contributed by atoms with Crippen LogP contribution in [-0.2, 0) is 13.1 Å². The van der Waals surface area contributed by atoms with Gasteiger partial charge in [0.15, 0.2) is 11.6 Å². The van der Waals surface area contributed by atoms with Gasteiger partial charge in [-0.2, -0.15) is 0 Å². The van der Waals surface area contributed by atoms with Crippen LogP contribution >= 0.6 is 69.6 Å². The summed E-state index contributed by atoms with van der Waals surface area (Å²) < 4.78 is -0.815. The van der Waals surface area contributed by atoms with Gasteiger partial charge in [0.1, 0.15) is 0 Å². The number of aryl methyl sites for hydroxylation is 2. The molecule has 0 atom stereocenters. The van der Waals surface area contributed by atoms with Crippen LogP contribution in [0.3, 0.4) is 0 Å². The number of carbonyl (C=O) groups excluding carboxylic acids is 2. The molecule has 0 radical (unpaired) electrons. The zero-order valence-electron chi connectivity index (χ0n) is 13.7. The van der Waals surface area contributed by atoms with Crippen molar-refractivity contribution < 1.29 is 9.59 Å². The molecule has 2 aromatic heterocycles. The standard InChI is InChI=1S/C15H14Cl6N4O2/c16-14(17,18)10(26)12-22-4-8-24(12)6-2-1-3-7-25-9-5-23-13(25)11(27)15(19,20)21/h4-5,8-9H,1-3,6-7H2. The number of rotatable bonds is 8. The summed E-state index contributed by atoms with van der Waals surface area (Å²) in [6.07, 6.45) is 8.55.